The van der Waals surface area contributed by atoms with Crippen molar-refractivity contribution in [2.45, 2.75) is 66.2 Å². The molecule has 0 saturated carbocycles. The number of fused-ring (bicyclic) bond motifs is 10. The molecular formula is C74H58. The lowest BCUT2D eigenvalue weighted by atomic mass is 9.79. The third kappa shape index (κ3) is 6.53. The predicted octanol–water partition coefficient (Wildman–Crippen LogP) is 20.5. The summed E-state index contributed by atoms with van der Waals surface area (Å²) in [5, 5.41) is 10.4. The maximum absolute atomic E-state index is 2.52. The van der Waals surface area contributed by atoms with E-state index in [1.165, 1.54) is 165 Å². The maximum Gasteiger partial charge on any atom is 0.0159 e. The third-order valence-corrected chi connectivity index (χ3v) is 17.2. The minimum atomic E-state index is -0.202. The van der Waals surface area contributed by atoms with Crippen molar-refractivity contribution in [3.8, 4) is 77.9 Å². The van der Waals surface area contributed by atoms with Gasteiger partial charge in [-0.15, -0.1) is 0 Å². The van der Waals surface area contributed by atoms with Crippen LogP contribution in [0.2, 0.25) is 0 Å². The van der Waals surface area contributed by atoms with Crippen molar-refractivity contribution in [3.05, 3.63) is 251 Å². The smallest absolute Gasteiger partial charge is 0.0159 e. The third-order valence-electron chi connectivity index (χ3n) is 17.2. The largest absolute Gasteiger partial charge is 0.0622 e. The fourth-order valence-electron chi connectivity index (χ4n) is 13.5. The molecule has 0 radical (unpaired) electrons. The van der Waals surface area contributed by atoms with Gasteiger partial charge in [-0.05, 0) is 195 Å². The molecule has 12 aromatic rings. The van der Waals surface area contributed by atoms with E-state index in [1.807, 2.05) is 0 Å². The van der Waals surface area contributed by atoms with Gasteiger partial charge < -0.3 is 0 Å². The first-order valence-corrected chi connectivity index (χ1v) is 26.5. The average Bonchev–Trinajstić information content (AvgIpc) is 3.77. The van der Waals surface area contributed by atoms with E-state index < -0.39 is 0 Å². The normalized spacial score (nSPS) is 13.9. The zero-order valence-electron chi connectivity index (χ0n) is 43.6. The molecule has 0 aliphatic heterocycles. The zero-order chi connectivity index (χ0) is 50.4. The Labute approximate surface area is 435 Å². The molecule has 0 bridgehead atoms. The van der Waals surface area contributed by atoms with Crippen LogP contribution in [0.3, 0.4) is 0 Å². The van der Waals surface area contributed by atoms with E-state index in [2.05, 4.69) is 262 Å². The molecule has 0 atom stereocenters. The van der Waals surface area contributed by atoms with Crippen LogP contribution in [0, 0.1) is 27.7 Å². The lowest BCUT2D eigenvalue weighted by Gasteiger charge is -2.24. The van der Waals surface area contributed by atoms with Crippen molar-refractivity contribution in [2.75, 3.05) is 0 Å². The molecular weight excluding hydrogens is 889 g/mol. The van der Waals surface area contributed by atoms with Gasteiger partial charge in [0.2, 0.25) is 0 Å². The molecule has 2 aliphatic carbocycles. The van der Waals surface area contributed by atoms with Gasteiger partial charge in [0.05, 0.1) is 0 Å². The highest BCUT2D eigenvalue weighted by Crippen LogP contribution is 2.55. The van der Waals surface area contributed by atoms with Crippen LogP contribution in [-0.4, -0.2) is 0 Å². The summed E-state index contributed by atoms with van der Waals surface area (Å²) < 4.78 is 0. The lowest BCUT2D eigenvalue weighted by Crippen LogP contribution is -2.15. The molecule has 0 aromatic heterocycles. The summed E-state index contributed by atoms with van der Waals surface area (Å²) in [6, 6.07) is 79.1. The van der Waals surface area contributed by atoms with Crippen LogP contribution in [0.25, 0.3) is 121 Å². The Kier molecular flexibility index (Phi) is 9.65. The van der Waals surface area contributed by atoms with Crippen LogP contribution in [0.5, 0.6) is 0 Å². The number of rotatable bonds is 5. The van der Waals surface area contributed by atoms with Gasteiger partial charge in [0.15, 0.2) is 0 Å². The second kappa shape index (κ2) is 16.1. The lowest BCUT2D eigenvalue weighted by molar-refractivity contribution is 0.660. The first kappa shape index (κ1) is 44.4. The summed E-state index contributed by atoms with van der Waals surface area (Å²) in [6.07, 6.45) is 0. The Hall–Kier alpha value is -8.32. The summed E-state index contributed by atoms with van der Waals surface area (Å²) in [4.78, 5) is 0. The van der Waals surface area contributed by atoms with Crippen molar-refractivity contribution < 1.29 is 0 Å². The molecule has 74 heavy (non-hydrogen) atoms. The highest BCUT2D eigenvalue weighted by atomic mass is 14.4. The molecule has 0 unspecified atom stereocenters. The van der Waals surface area contributed by atoms with Gasteiger partial charge in [0.1, 0.15) is 0 Å². The minimum Gasteiger partial charge on any atom is -0.0622 e. The van der Waals surface area contributed by atoms with Gasteiger partial charge >= 0.3 is 0 Å². The topological polar surface area (TPSA) is 0 Å². The van der Waals surface area contributed by atoms with Gasteiger partial charge in [-0.2, -0.15) is 0 Å². The molecule has 0 heteroatoms. The molecule has 12 aromatic carbocycles. The predicted molar refractivity (Wildman–Crippen MR) is 318 cm³/mol. The van der Waals surface area contributed by atoms with Crippen molar-refractivity contribution >= 4 is 43.1 Å². The van der Waals surface area contributed by atoms with Crippen molar-refractivity contribution in [1.29, 1.82) is 0 Å². The number of aryl methyl sites for hydroxylation is 4. The van der Waals surface area contributed by atoms with Crippen molar-refractivity contribution in [3.63, 3.8) is 0 Å². The van der Waals surface area contributed by atoms with Gasteiger partial charge in [-0.1, -0.05) is 232 Å². The van der Waals surface area contributed by atoms with Gasteiger partial charge in [0, 0.05) is 10.8 Å². The van der Waals surface area contributed by atoms with Crippen LogP contribution in [0.4, 0.5) is 0 Å². The monoisotopic (exact) mass is 946 g/mol. The van der Waals surface area contributed by atoms with Crippen LogP contribution in [-0.2, 0) is 10.8 Å². The Balaban J connectivity index is 0.851. The molecule has 354 valence electrons. The average molecular weight is 947 g/mol. The molecule has 0 heterocycles. The summed E-state index contributed by atoms with van der Waals surface area (Å²) in [5.41, 5.74) is 28.4. The van der Waals surface area contributed by atoms with Crippen LogP contribution < -0.4 is 0 Å². The highest BCUT2D eigenvalue weighted by molar-refractivity contribution is 6.23. The summed E-state index contributed by atoms with van der Waals surface area (Å²) in [7, 11) is 0. The molecule has 0 nitrogen and oxygen atoms in total. The molecule has 14 rings (SSSR count). The van der Waals surface area contributed by atoms with Crippen molar-refractivity contribution in [1.82, 2.24) is 0 Å². The number of hydrogen-bond donors (Lipinski definition) is 0. The Morgan fingerprint density at radius 2 is 0.473 bits per heavy atom. The maximum atomic E-state index is 2.52. The molecule has 0 spiro atoms. The van der Waals surface area contributed by atoms with Gasteiger partial charge in [-0.3, -0.25) is 0 Å². The van der Waals surface area contributed by atoms with Crippen LogP contribution in [0.1, 0.15) is 72.2 Å². The Bertz CT molecular complexity index is 4090. The quantitative estimate of drug-likeness (QED) is 0.151. The molecule has 0 saturated heterocycles. The van der Waals surface area contributed by atoms with E-state index in [0.717, 1.165) is 0 Å². The van der Waals surface area contributed by atoms with E-state index in [0.29, 0.717) is 0 Å². The fourth-order valence-corrected chi connectivity index (χ4v) is 13.5. The van der Waals surface area contributed by atoms with E-state index in [-0.39, 0.29) is 10.8 Å². The summed E-state index contributed by atoms with van der Waals surface area (Å²) in [5.74, 6) is 0. The first-order valence-electron chi connectivity index (χ1n) is 26.5. The fraction of sp³-hybridized carbons (Fsp3) is 0.135. The molecule has 0 fully saturated rings. The number of hydrogen-bond acceptors (Lipinski definition) is 0. The van der Waals surface area contributed by atoms with Crippen LogP contribution in [0.15, 0.2) is 206 Å². The highest BCUT2D eigenvalue weighted by Gasteiger charge is 2.38. The van der Waals surface area contributed by atoms with E-state index in [9.17, 15) is 0 Å². The van der Waals surface area contributed by atoms with E-state index >= 15 is 0 Å². The van der Waals surface area contributed by atoms with Crippen LogP contribution >= 0.6 is 0 Å². The van der Waals surface area contributed by atoms with Gasteiger partial charge in [0.25, 0.3) is 0 Å². The minimum absolute atomic E-state index is 0.202. The van der Waals surface area contributed by atoms with Gasteiger partial charge in [-0.25, -0.2) is 0 Å². The SMILES string of the molecule is Cc1ccc2c(-c3ccc4c(c3)C(C)(C)c3cc(-c5ccc6c(c5)C(C)(C)c5cc(-c7c8ccc(C)cc8c(-c8ccccc8)c8ccc(C)cc78)ccc5-6)ccc3-4)c3cc(C)ccc3c(-c3ccccc3)c2c1. The second-order valence-corrected chi connectivity index (χ2v) is 22.7. The first-order chi connectivity index (χ1) is 35.8. The Morgan fingerprint density at radius 1 is 0.216 bits per heavy atom. The van der Waals surface area contributed by atoms with E-state index in [1.54, 1.807) is 0 Å². The van der Waals surface area contributed by atoms with E-state index in [4.69, 9.17) is 0 Å². The standard InChI is InChI=1S/C74H58/c1-43-21-29-59-61(35-43)69(47-15-11-9-12-16-47)57-27-19-45(3)37-63(57)71(59)51-25-33-55-53-31-23-49(39-65(53)73(5,6)67(55)41-51)50-24-32-54-56-34-26-52(42-68(56)74(7,8)66(54)40-50)72-60-30-22-44(2)36-62(60)70(48-17-13-10-14-18-48)58-28-20-46(4)38-64(58)72/h9-42H,1-8H3. The molecule has 2 aliphatic rings. The molecule has 0 amide bonds. The number of benzene rings is 12. The van der Waals surface area contributed by atoms with Crippen molar-refractivity contribution in [2.24, 2.45) is 0 Å². The zero-order valence-corrected chi connectivity index (χ0v) is 43.6. The summed E-state index contributed by atoms with van der Waals surface area (Å²) in [6.45, 7) is 18.6. The Morgan fingerprint density at radius 3 is 0.770 bits per heavy atom. The second-order valence-electron chi connectivity index (χ2n) is 22.7. The molecule has 0 N–H and O–H groups in total. The summed E-state index contributed by atoms with van der Waals surface area (Å²) >= 11 is 0.